The highest BCUT2D eigenvalue weighted by molar-refractivity contribution is 7.84. The van der Waals surface area contributed by atoms with Gasteiger partial charge in [0.15, 0.2) is 0 Å². The molecule has 1 rings (SSSR count). The third-order valence-corrected chi connectivity index (χ3v) is 2.54. The molecule has 15 heavy (non-hydrogen) atoms. The fourth-order valence-electron chi connectivity index (χ4n) is 1.01. The Bertz CT molecular complexity index is 381. The number of rotatable bonds is 4. The smallest absolute Gasteiger partial charge is 0.255 e. The summed E-state index contributed by atoms with van der Waals surface area (Å²) in [6.07, 6.45) is 3.11. The SMILES string of the molecule is CS(=O)CCNC(=O)c1cccnc1N. The molecule has 1 unspecified atom stereocenters. The van der Waals surface area contributed by atoms with E-state index in [2.05, 4.69) is 10.3 Å². The Kier molecular flexibility index (Phi) is 4.23. The van der Waals surface area contributed by atoms with Gasteiger partial charge in [0, 0.05) is 35.5 Å². The summed E-state index contributed by atoms with van der Waals surface area (Å²) in [5.74, 6) is 0.352. The number of nitrogens with one attached hydrogen (secondary N) is 1. The highest BCUT2D eigenvalue weighted by atomic mass is 32.2. The first-order valence-corrected chi connectivity index (χ1v) is 6.12. The normalized spacial score (nSPS) is 12.1. The molecule has 1 atom stereocenters. The van der Waals surface area contributed by atoms with Gasteiger partial charge < -0.3 is 11.1 Å². The van der Waals surface area contributed by atoms with Gasteiger partial charge in [-0.25, -0.2) is 4.98 Å². The number of aromatic nitrogens is 1. The minimum absolute atomic E-state index is 0.202. The van der Waals surface area contributed by atoms with E-state index in [1.807, 2.05) is 0 Å². The number of carbonyl (C=O) groups excluding carboxylic acids is 1. The summed E-state index contributed by atoms with van der Waals surface area (Å²) >= 11 is 0. The van der Waals surface area contributed by atoms with Crippen LogP contribution in [0, 0.1) is 0 Å². The molecule has 0 spiro atoms. The van der Waals surface area contributed by atoms with Crippen molar-refractivity contribution in [3.05, 3.63) is 23.9 Å². The van der Waals surface area contributed by atoms with Crippen molar-refractivity contribution in [2.45, 2.75) is 0 Å². The number of nitrogens with zero attached hydrogens (tertiary/aromatic N) is 1. The van der Waals surface area contributed by atoms with E-state index in [4.69, 9.17) is 5.73 Å². The standard InChI is InChI=1S/C9H13N3O2S/c1-15(14)6-5-12-9(13)7-3-2-4-11-8(7)10/h2-4H,5-6H2,1H3,(H2,10,11)(H,12,13). The maximum absolute atomic E-state index is 11.5. The molecule has 82 valence electrons. The van der Waals surface area contributed by atoms with Crippen LogP contribution in [0.4, 0.5) is 5.82 Å². The van der Waals surface area contributed by atoms with Gasteiger partial charge in [-0.2, -0.15) is 0 Å². The molecule has 0 aromatic carbocycles. The largest absolute Gasteiger partial charge is 0.383 e. The van der Waals surface area contributed by atoms with E-state index in [1.165, 1.54) is 6.20 Å². The molecule has 0 radical (unpaired) electrons. The van der Waals surface area contributed by atoms with Gasteiger partial charge in [0.2, 0.25) is 0 Å². The molecule has 0 saturated carbocycles. The second-order valence-corrected chi connectivity index (χ2v) is 4.52. The summed E-state index contributed by atoms with van der Waals surface area (Å²) in [5.41, 5.74) is 5.87. The van der Waals surface area contributed by atoms with E-state index >= 15 is 0 Å². The fraction of sp³-hybridized carbons (Fsp3) is 0.333. The Balaban J connectivity index is 2.54. The zero-order valence-electron chi connectivity index (χ0n) is 8.40. The summed E-state index contributed by atoms with van der Waals surface area (Å²) in [5, 5.41) is 2.62. The van der Waals surface area contributed by atoms with Gasteiger partial charge >= 0.3 is 0 Å². The van der Waals surface area contributed by atoms with E-state index in [9.17, 15) is 9.00 Å². The van der Waals surface area contributed by atoms with Crippen molar-refractivity contribution in [2.24, 2.45) is 0 Å². The van der Waals surface area contributed by atoms with Crippen molar-refractivity contribution in [1.82, 2.24) is 10.3 Å². The molecule has 0 aliphatic carbocycles. The third kappa shape index (κ3) is 3.67. The highest BCUT2D eigenvalue weighted by Gasteiger charge is 2.08. The molecule has 0 aliphatic rings. The number of anilines is 1. The third-order valence-electron chi connectivity index (χ3n) is 1.76. The average Bonchev–Trinajstić information content (AvgIpc) is 2.17. The molecular formula is C9H13N3O2S. The number of pyridine rings is 1. The number of carbonyl (C=O) groups is 1. The second kappa shape index (κ2) is 5.45. The first kappa shape index (κ1) is 11.6. The minimum Gasteiger partial charge on any atom is -0.383 e. The first-order valence-electron chi connectivity index (χ1n) is 4.40. The Labute approximate surface area is 90.5 Å². The van der Waals surface area contributed by atoms with Crippen LogP contribution in [0.2, 0.25) is 0 Å². The van der Waals surface area contributed by atoms with Crippen molar-refractivity contribution in [3.8, 4) is 0 Å². The predicted octanol–water partition coefficient (Wildman–Crippen LogP) is -0.228. The van der Waals surface area contributed by atoms with Crippen molar-refractivity contribution in [3.63, 3.8) is 0 Å². The van der Waals surface area contributed by atoms with Gasteiger partial charge in [-0.1, -0.05) is 0 Å². The highest BCUT2D eigenvalue weighted by Crippen LogP contribution is 2.05. The zero-order valence-corrected chi connectivity index (χ0v) is 9.21. The van der Waals surface area contributed by atoms with Crippen LogP contribution in [-0.2, 0) is 10.8 Å². The lowest BCUT2D eigenvalue weighted by molar-refractivity contribution is 0.0957. The summed E-state index contributed by atoms with van der Waals surface area (Å²) in [7, 11) is -0.905. The monoisotopic (exact) mass is 227 g/mol. The van der Waals surface area contributed by atoms with E-state index < -0.39 is 10.8 Å². The Morgan fingerprint density at radius 3 is 3.00 bits per heavy atom. The molecule has 6 heteroatoms. The van der Waals surface area contributed by atoms with E-state index in [0.717, 1.165) is 0 Å². The molecule has 1 amide bonds. The minimum atomic E-state index is -0.905. The van der Waals surface area contributed by atoms with Crippen molar-refractivity contribution >= 4 is 22.5 Å². The predicted molar refractivity (Wildman–Crippen MR) is 59.9 cm³/mol. The zero-order chi connectivity index (χ0) is 11.3. The number of hydrogen-bond acceptors (Lipinski definition) is 4. The van der Waals surface area contributed by atoms with E-state index in [0.29, 0.717) is 17.9 Å². The maximum Gasteiger partial charge on any atom is 0.255 e. The lowest BCUT2D eigenvalue weighted by Crippen LogP contribution is -2.28. The van der Waals surface area contributed by atoms with Gasteiger partial charge in [0.05, 0.1) is 5.56 Å². The molecule has 1 aromatic rings. The lowest BCUT2D eigenvalue weighted by atomic mass is 10.2. The maximum atomic E-state index is 11.5. The second-order valence-electron chi connectivity index (χ2n) is 2.97. The average molecular weight is 227 g/mol. The fourth-order valence-corrected chi connectivity index (χ4v) is 1.40. The van der Waals surface area contributed by atoms with Crippen LogP contribution < -0.4 is 11.1 Å². The van der Waals surface area contributed by atoms with E-state index in [1.54, 1.807) is 18.4 Å². The van der Waals surface area contributed by atoms with Crippen molar-refractivity contribution < 1.29 is 9.00 Å². The van der Waals surface area contributed by atoms with Crippen LogP contribution in [0.25, 0.3) is 0 Å². The van der Waals surface area contributed by atoms with Crippen molar-refractivity contribution in [1.29, 1.82) is 0 Å². The van der Waals surface area contributed by atoms with Crippen molar-refractivity contribution in [2.75, 3.05) is 24.3 Å². The molecule has 0 aliphatic heterocycles. The first-order chi connectivity index (χ1) is 7.11. The lowest BCUT2D eigenvalue weighted by Gasteiger charge is -2.05. The van der Waals surface area contributed by atoms with Crippen LogP contribution in [-0.4, -0.2) is 33.7 Å². The number of hydrogen-bond donors (Lipinski definition) is 2. The molecule has 0 bridgehead atoms. The van der Waals surface area contributed by atoms with Gasteiger partial charge in [-0.3, -0.25) is 9.00 Å². The number of amides is 1. The molecule has 0 saturated heterocycles. The molecule has 0 fully saturated rings. The van der Waals surface area contributed by atoms with Gasteiger partial charge in [-0.15, -0.1) is 0 Å². The topological polar surface area (TPSA) is 85.1 Å². The van der Waals surface area contributed by atoms with Gasteiger partial charge in [0.25, 0.3) is 5.91 Å². The van der Waals surface area contributed by atoms with Crippen LogP contribution in [0.5, 0.6) is 0 Å². The summed E-state index contributed by atoms with van der Waals surface area (Å²) in [6, 6.07) is 3.24. The van der Waals surface area contributed by atoms with E-state index in [-0.39, 0.29) is 11.7 Å². The van der Waals surface area contributed by atoms with Crippen LogP contribution >= 0.6 is 0 Å². The molecule has 1 heterocycles. The number of nitrogen functional groups attached to an aromatic ring is 1. The summed E-state index contributed by atoms with van der Waals surface area (Å²) in [6.45, 7) is 0.371. The van der Waals surface area contributed by atoms with Crippen LogP contribution in [0.1, 0.15) is 10.4 Å². The Morgan fingerprint density at radius 1 is 1.67 bits per heavy atom. The van der Waals surface area contributed by atoms with Crippen LogP contribution in [0.15, 0.2) is 18.3 Å². The van der Waals surface area contributed by atoms with Gasteiger partial charge in [-0.05, 0) is 12.1 Å². The van der Waals surface area contributed by atoms with Crippen LogP contribution in [0.3, 0.4) is 0 Å². The molecule has 5 nitrogen and oxygen atoms in total. The Hall–Kier alpha value is -1.43. The quantitative estimate of drug-likeness (QED) is 0.744. The molecule has 3 N–H and O–H groups in total. The summed E-state index contributed by atoms with van der Waals surface area (Å²) < 4.78 is 10.8. The molecule has 1 aromatic heterocycles. The number of nitrogens with two attached hydrogens (primary N) is 1. The summed E-state index contributed by atoms with van der Waals surface area (Å²) in [4.78, 5) is 15.3. The van der Waals surface area contributed by atoms with Gasteiger partial charge in [0.1, 0.15) is 5.82 Å². The Morgan fingerprint density at radius 2 is 2.40 bits per heavy atom. The molecular weight excluding hydrogens is 214 g/mol.